The minimum Gasteiger partial charge on any atom is -0.469 e. The van der Waals surface area contributed by atoms with Crippen LogP contribution >= 0.6 is 0 Å². The Balaban J connectivity index is 1.81. The van der Waals surface area contributed by atoms with Gasteiger partial charge in [-0.15, -0.1) is 0 Å². The Kier molecular flexibility index (Phi) is 5.20. The van der Waals surface area contributed by atoms with Gasteiger partial charge in [0.15, 0.2) is 0 Å². The minimum atomic E-state index is 0.0508. The number of carbonyl (C=O) groups is 1. The highest BCUT2D eigenvalue weighted by molar-refractivity contribution is 5.76. The summed E-state index contributed by atoms with van der Waals surface area (Å²) in [5.74, 6) is 1.40. The summed E-state index contributed by atoms with van der Waals surface area (Å²) in [5, 5.41) is 7.15. The van der Waals surface area contributed by atoms with Crippen molar-refractivity contribution in [2.75, 3.05) is 6.54 Å². The summed E-state index contributed by atoms with van der Waals surface area (Å²) in [7, 11) is 0. The summed E-state index contributed by atoms with van der Waals surface area (Å²) in [5.41, 5.74) is 1.10. The molecule has 0 aliphatic carbocycles. The molecule has 1 atom stereocenters. The molecule has 0 saturated carbocycles. The zero-order valence-electron chi connectivity index (χ0n) is 12.9. The molecule has 0 aromatic carbocycles. The van der Waals surface area contributed by atoms with Crippen molar-refractivity contribution in [3.8, 4) is 0 Å². The zero-order chi connectivity index (χ0) is 15.2. The molecule has 0 unspecified atom stereocenters. The standard InChI is InChI=1S/C16H23N3O2/c1-12(2)14(15-5-4-10-21-15)11-16(20)17-8-9-19-13(3)6-7-18-19/h4-7,10,12,14H,8-9,11H2,1-3H3,(H,17,20)/t14-/m0/s1. The van der Waals surface area contributed by atoms with Crippen LogP contribution in [0.1, 0.15) is 37.6 Å². The molecule has 1 N–H and O–H groups in total. The van der Waals surface area contributed by atoms with Crippen LogP contribution in [0.2, 0.25) is 0 Å². The second-order valence-corrected chi connectivity index (χ2v) is 5.62. The van der Waals surface area contributed by atoms with Crippen molar-refractivity contribution >= 4 is 5.91 Å². The van der Waals surface area contributed by atoms with Crippen LogP contribution in [0.4, 0.5) is 0 Å². The lowest BCUT2D eigenvalue weighted by Gasteiger charge is -2.18. The predicted molar refractivity (Wildman–Crippen MR) is 80.9 cm³/mol. The normalized spacial score (nSPS) is 12.6. The first-order chi connectivity index (χ1) is 10.1. The van der Waals surface area contributed by atoms with Crippen LogP contribution in [0.25, 0.3) is 0 Å². The smallest absolute Gasteiger partial charge is 0.220 e. The minimum absolute atomic E-state index is 0.0508. The van der Waals surface area contributed by atoms with E-state index in [0.717, 1.165) is 11.5 Å². The molecule has 1 amide bonds. The van der Waals surface area contributed by atoms with E-state index in [2.05, 4.69) is 24.3 Å². The molecule has 0 aliphatic heterocycles. The molecule has 21 heavy (non-hydrogen) atoms. The van der Waals surface area contributed by atoms with Crippen molar-refractivity contribution < 1.29 is 9.21 Å². The maximum Gasteiger partial charge on any atom is 0.220 e. The van der Waals surface area contributed by atoms with Crippen LogP contribution in [0, 0.1) is 12.8 Å². The van der Waals surface area contributed by atoms with Crippen molar-refractivity contribution in [2.45, 2.75) is 39.7 Å². The molecule has 114 valence electrons. The molecule has 5 heteroatoms. The van der Waals surface area contributed by atoms with Crippen LogP contribution in [0.3, 0.4) is 0 Å². The van der Waals surface area contributed by atoms with Crippen LogP contribution < -0.4 is 5.32 Å². The van der Waals surface area contributed by atoms with Crippen molar-refractivity contribution in [2.24, 2.45) is 5.92 Å². The van der Waals surface area contributed by atoms with E-state index in [4.69, 9.17) is 4.42 Å². The highest BCUT2D eigenvalue weighted by Gasteiger charge is 2.21. The summed E-state index contributed by atoms with van der Waals surface area (Å²) in [4.78, 5) is 12.1. The van der Waals surface area contributed by atoms with Crippen molar-refractivity contribution in [3.05, 3.63) is 42.1 Å². The third-order valence-corrected chi connectivity index (χ3v) is 3.69. The van der Waals surface area contributed by atoms with Gasteiger partial charge in [-0.2, -0.15) is 5.10 Å². The van der Waals surface area contributed by atoms with E-state index in [-0.39, 0.29) is 11.8 Å². The lowest BCUT2D eigenvalue weighted by atomic mass is 9.90. The molecule has 0 spiro atoms. The van der Waals surface area contributed by atoms with Gasteiger partial charge in [0.05, 0.1) is 12.8 Å². The zero-order valence-corrected chi connectivity index (χ0v) is 12.9. The van der Waals surface area contributed by atoms with Crippen molar-refractivity contribution in [3.63, 3.8) is 0 Å². The molecule has 0 aliphatic rings. The highest BCUT2D eigenvalue weighted by atomic mass is 16.3. The average molecular weight is 289 g/mol. The number of nitrogens with zero attached hydrogens (tertiary/aromatic N) is 2. The first kappa shape index (κ1) is 15.4. The van der Waals surface area contributed by atoms with Crippen molar-refractivity contribution in [1.82, 2.24) is 15.1 Å². The van der Waals surface area contributed by atoms with Gasteiger partial charge in [0.1, 0.15) is 5.76 Å². The molecular weight excluding hydrogens is 266 g/mol. The molecule has 2 heterocycles. The molecule has 5 nitrogen and oxygen atoms in total. The fourth-order valence-electron chi connectivity index (χ4n) is 2.37. The number of aromatic nitrogens is 2. The van der Waals surface area contributed by atoms with Gasteiger partial charge in [-0.25, -0.2) is 0 Å². The highest BCUT2D eigenvalue weighted by Crippen LogP contribution is 2.27. The number of hydrogen-bond donors (Lipinski definition) is 1. The number of nitrogens with one attached hydrogen (secondary N) is 1. The largest absolute Gasteiger partial charge is 0.469 e. The summed E-state index contributed by atoms with van der Waals surface area (Å²) < 4.78 is 7.32. The summed E-state index contributed by atoms with van der Waals surface area (Å²) >= 11 is 0. The van der Waals surface area contributed by atoms with Gasteiger partial charge in [0.2, 0.25) is 5.91 Å². The first-order valence-corrected chi connectivity index (χ1v) is 7.36. The SMILES string of the molecule is Cc1ccnn1CCNC(=O)C[C@H](c1ccco1)C(C)C. The predicted octanol–water partition coefficient (Wildman–Crippen LogP) is 2.73. The number of carbonyl (C=O) groups excluding carboxylic acids is 1. The Hall–Kier alpha value is -2.04. The lowest BCUT2D eigenvalue weighted by molar-refractivity contribution is -0.121. The Morgan fingerprint density at radius 2 is 2.24 bits per heavy atom. The molecule has 0 fully saturated rings. The second kappa shape index (κ2) is 7.11. The Labute approximate surface area is 125 Å². The molecule has 2 aromatic heterocycles. The summed E-state index contributed by atoms with van der Waals surface area (Å²) in [6.07, 6.45) is 3.87. The van der Waals surface area contributed by atoms with E-state index in [9.17, 15) is 4.79 Å². The second-order valence-electron chi connectivity index (χ2n) is 5.62. The quantitative estimate of drug-likeness (QED) is 0.852. The number of rotatable bonds is 7. The van der Waals surface area contributed by atoms with Gasteiger partial charge in [-0.1, -0.05) is 13.8 Å². The van der Waals surface area contributed by atoms with Gasteiger partial charge in [-0.05, 0) is 31.0 Å². The summed E-state index contributed by atoms with van der Waals surface area (Å²) in [6, 6.07) is 5.75. The van der Waals surface area contributed by atoms with Crippen molar-refractivity contribution in [1.29, 1.82) is 0 Å². The van der Waals surface area contributed by atoms with Gasteiger partial charge in [0, 0.05) is 30.8 Å². The van der Waals surface area contributed by atoms with E-state index >= 15 is 0 Å². The van der Waals surface area contributed by atoms with E-state index in [1.165, 1.54) is 0 Å². The Bertz CT molecular complexity index is 558. The van der Waals surface area contributed by atoms with Crippen LogP contribution in [0.5, 0.6) is 0 Å². The van der Waals surface area contributed by atoms with E-state index in [0.29, 0.717) is 25.4 Å². The maximum absolute atomic E-state index is 12.1. The molecule has 0 saturated heterocycles. The van der Waals surface area contributed by atoms with Gasteiger partial charge >= 0.3 is 0 Å². The van der Waals surface area contributed by atoms with Gasteiger partial charge in [0.25, 0.3) is 0 Å². The molecule has 2 aromatic rings. The van der Waals surface area contributed by atoms with E-state index < -0.39 is 0 Å². The fraction of sp³-hybridized carbons (Fsp3) is 0.500. The van der Waals surface area contributed by atoms with E-state index in [1.807, 2.05) is 29.8 Å². The van der Waals surface area contributed by atoms with Crippen LogP contribution in [-0.2, 0) is 11.3 Å². The lowest BCUT2D eigenvalue weighted by Crippen LogP contribution is -2.29. The third-order valence-electron chi connectivity index (χ3n) is 3.69. The van der Waals surface area contributed by atoms with E-state index in [1.54, 1.807) is 12.5 Å². The topological polar surface area (TPSA) is 60.1 Å². The average Bonchev–Trinajstić information content (AvgIpc) is 3.08. The number of hydrogen-bond acceptors (Lipinski definition) is 3. The maximum atomic E-state index is 12.1. The third kappa shape index (κ3) is 4.21. The van der Waals surface area contributed by atoms with Crippen LogP contribution in [0.15, 0.2) is 35.1 Å². The monoisotopic (exact) mass is 289 g/mol. The van der Waals surface area contributed by atoms with Gasteiger partial charge in [-0.3, -0.25) is 9.48 Å². The number of furan rings is 1. The Morgan fingerprint density at radius 1 is 1.43 bits per heavy atom. The fourth-order valence-corrected chi connectivity index (χ4v) is 2.37. The van der Waals surface area contributed by atoms with Gasteiger partial charge < -0.3 is 9.73 Å². The number of aryl methyl sites for hydroxylation is 1. The molecule has 0 bridgehead atoms. The molecular formula is C16H23N3O2. The summed E-state index contributed by atoms with van der Waals surface area (Å²) in [6.45, 7) is 7.49. The van der Waals surface area contributed by atoms with Crippen LogP contribution in [-0.4, -0.2) is 22.2 Å². The number of amides is 1. The Morgan fingerprint density at radius 3 is 2.81 bits per heavy atom. The first-order valence-electron chi connectivity index (χ1n) is 7.36. The molecule has 2 rings (SSSR count). The molecule has 0 radical (unpaired) electrons.